The Kier molecular flexibility index (Phi) is 7.28. The maximum atomic E-state index is 12.3. The number of carbonyl (C=O) groups is 2. The van der Waals surface area contributed by atoms with E-state index in [1.54, 1.807) is 18.2 Å². The highest BCUT2D eigenvalue weighted by atomic mass is 32.1. The summed E-state index contributed by atoms with van der Waals surface area (Å²) < 4.78 is 15.7. The molecule has 0 saturated carbocycles. The van der Waals surface area contributed by atoms with Gasteiger partial charge < -0.3 is 24.8 Å². The molecule has 8 heteroatoms. The fourth-order valence-corrected chi connectivity index (χ4v) is 2.94. The van der Waals surface area contributed by atoms with Gasteiger partial charge in [-0.1, -0.05) is 6.07 Å². The third kappa shape index (κ3) is 4.89. The molecule has 0 atom stereocenters. The van der Waals surface area contributed by atoms with Crippen molar-refractivity contribution in [1.82, 2.24) is 10.6 Å². The highest BCUT2D eigenvalue weighted by Crippen LogP contribution is 2.38. The highest BCUT2D eigenvalue weighted by molar-refractivity contribution is 7.12. The molecule has 26 heavy (non-hydrogen) atoms. The van der Waals surface area contributed by atoms with E-state index in [2.05, 4.69) is 10.6 Å². The van der Waals surface area contributed by atoms with Crippen LogP contribution in [0.4, 0.5) is 0 Å². The van der Waals surface area contributed by atoms with E-state index < -0.39 is 0 Å². The fraction of sp³-hybridized carbons (Fsp3) is 0.333. The van der Waals surface area contributed by atoms with Gasteiger partial charge in [0.15, 0.2) is 11.5 Å². The van der Waals surface area contributed by atoms with E-state index in [1.807, 2.05) is 11.4 Å². The summed E-state index contributed by atoms with van der Waals surface area (Å²) in [4.78, 5) is 24.8. The van der Waals surface area contributed by atoms with Crippen LogP contribution in [0.2, 0.25) is 0 Å². The number of hydrogen-bond donors (Lipinski definition) is 2. The minimum Gasteiger partial charge on any atom is -0.493 e. The minimum atomic E-state index is -0.256. The summed E-state index contributed by atoms with van der Waals surface area (Å²) in [6, 6.07) is 6.79. The van der Waals surface area contributed by atoms with E-state index in [9.17, 15) is 9.59 Å². The van der Waals surface area contributed by atoms with Crippen molar-refractivity contribution in [2.45, 2.75) is 6.42 Å². The van der Waals surface area contributed by atoms with Gasteiger partial charge in [-0.05, 0) is 30.0 Å². The second kappa shape index (κ2) is 9.67. The molecule has 2 N–H and O–H groups in total. The lowest BCUT2D eigenvalue weighted by Gasteiger charge is -2.14. The molecule has 2 amide bonds. The first-order valence-electron chi connectivity index (χ1n) is 8.00. The molecule has 0 aliphatic carbocycles. The van der Waals surface area contributed by atoms with Crippen LogP contribution in [0, 0.1) is 0 Å². The van der Waals surface area contributed by atoms with E-state index in [-0.39, 0.29) is 11.8 Å². The number of benzene rings is 1. The predicted octanol–water partition coefficient (Wildman–Crippen LogP) is 2.32. The molecule has 2 aromatic rings. The zero-order chi connectivity index (χ0) is 18.9. The van der Waals surface area contributed by atoms with Gasteiger partial charge >= 0.3 is 0 Å². The molecule has 140 valence electrons. The number of nitrogens with one attached hydrogen (secondary N) is 2. The largest absolute Gasteiger partial charge is 0.493 e. The second-order valence-corrected chi connectivity index (χ2v) is 6.20. The molecule has 1 heterocycles. The van der Waals surface area contributed by atoms with E-state index in [1.165, 1.54) is 32.7 Å². The molecule has 0 radical (unpaired) electrons. The number of hydrogen-bond acceptors (Lipinski definition) is 6. The van der Waals surface area contributed by atoms with E-state index in [0.29, 0.717) is 47.2 Å². The van der Waals surface area contributed by atoms with Crippen LogP contribution in [-0.2, 0) is 0 Å². The minimum absolute atomic E-state index is 0.101. The summed E-state index contributed by atoms with van der Waals surface area (Å²) in [7, 11) is 4.50. The van der Waals surface area contributed by atoms with Crippen LogP contribution in [0.25, 0.3) is 0 Å². The van der Waals surface area contributed by atoms with Gasteiger partial charge in [0.1, 0.15) is 0 Å². The van der Waals surface area contributed by atoms with Gasteiger partial charge in [0.05, 0.1) is 26.2 Å². The van der Waals surface area contributed by atoms with Crippen LogP contribution < -0.4 is 24.8 Å². The normalized spacial score (nSPS) is 10.1. The van der Waals surface area contributed by atoms with E-state index in [0.717, 1.165) is 0 Å². The summed E-state index contributed by atoms with van der Waals surface area (Å²) in [5.74, 6) is 0.910. The average Bonchev–Trinajstić information content (AvgIpc) is 3.20. The summed E-state index contributed by atoms with van der Waals surface area (Å²) in [6.07, 6.45) is 0.618. The summed E-state index contributed by atoms with van der Waals surface area (Å²) in [6.45, 7) is 0.909. The molecule has 0 saturated heterocycles. The monoisotopic (exact) mass is 378 g/mol. The SMILES string of the molecule is COc1cc(C(=O)NCCCNC(=O)c2cccs2)cc(OC)c1OC. The quantitative estimate of drug-likeness (QED) is 0.654. The zero-order valence-corrected chi connectivity index (χ0v) is 15.8. The van der Waals surface area contributed by atoms with Crippen molar-refractivity contribution in [3.8, 4) is 17.2 Å². The molecular formula is C18H22N2O5S. The summed E-state index contributed by atoms with van der Waals surface area (Å²) in [5.41, 5.74) is 0.405. The Morgan fingerprint density at radius 1 is 0.962 bits per heavy atom. The molecule has 0 bridgehead atoms. The first kappa shape index (κ1) is 19.6. The second-order valence-electron chi connectivity index (χ2n) is 5.26. The van der Waals surface area contributed by atoms with E-state index >= 15 is 0 Å². The Hall–Kier alpha value is -2.74. The lowest BCUT2D eigenvalue weighted by Crippen LogP contribution is -2.29. The van der Waals surface area contributed by atoms with Gasteiger partial charge in [0.25, 0.3) is 11.8 Å². The fourth-order valence-electron chi connectivity index (χ4n) is 2.30. The number of ether oxygens (including phenoxy) is 3. The maximum absolute atomic E-state index is 12.3. The first-order valence-corrected chi connectivity index (χ1v) is 8.88. The van der Waals surface area contributed by atoms with Crippen LogP contribution in [-0.4, -0.2) is 46.2 Å². The molecule has 0 aliphatic rings. The Labute approximate surface area is 156 Å². The smallest absolute Gasteiger partial charge is 0.261 e. The molecular weight excluding hydrogens is 356 g/mol. The first-order chi connectivity index (χ1) is 12.6. The molecule has 7 nitrogen and oxygen atoms in total. The third-order valence-electron chi connectivity index (χ3n) is 3.60. The van der Waals surface area contributed by atoms with Gasteiger partial charge in [0.2, 0.25) is 5.75 Å². The number of thiophene rings is 1. The lowest BCUT2D eigenvalue weighted by molar-refractivity contribution is 0.0952. The Morgan fingerprint density at radius 2 is 1.58 bits per heavy atom. The number of methoxy groups -OCH3 is 3. The van der Waals surface area contributed by atoms with Crippen molar-refractivity contribution in [3.63, 3.8) is 0 Å². The Bertz CT molecular complexity index is 721. The standard InChI is InChI=1S/C18H22N2O5S/c1-23-13-10-12(11-14(24-2)16(13)25-3)17(21)19-7-5-8-20-18(22)15-6-4-9-26-15/h4,6,9-11H,5,7-8H2,1-3H3,(H,19,21)(H,20,22). The topological polar surface area (TPSA) is 85.9 Å². The molecule has 0 aliphatic heterocycles. The Balaban J connectivity index is 1.85. The maximum Gasteiger partial charge on any atom is 0.261 e. The van der Waals surface area contributed by atoms with Crippen LogP contribution in [0.15, 0.2) is 29.6 Å². The lowest BCUT2D eigenvalue weighted by atomic mass is 10.1. The predicted molar refractivity (Wildman–Crippen MR) is 99.7 cm³/mol. The highest BCUT2D eigenvalue weighted by Gasteiger charge is 2.16. The van der Waals surface area contributed by atoms with Gasteiger partial charge in [-0.2, -0.15) is 0 Å². The molecule has 0 unspecified atom stereocenters. The van der Waals surface area contributed by atoms with Crippen LogP contribution in [0.3, 0.4) is 0 Å². The third-order valence-corrected chi connectivity index (χ3v) is 4.47. The van der Waals surface area contributed by atoms with Gasteiger partial charge in [-0.25, -0.2) is 0 Å². The van der Waals surface area contributed by atoms with Crippen LogP contribution in [0.5, 0.6) is 17.2 Å². The van der Waals surface area contributed by atoms with Crippen LogP contribution in [0.1, 0.15) is 26.5 Å². The van der Waals surface area contributed by atoms with Gasteiger partial charge in [-0.3, -0.25) is 9.59 Å². The molecule has 2 rings (SSSR count). The molecule has 1 aromatic carbocycles. The molecule has 0 fully saturated rings. The van der Waals surface area contributed by atoms with Crippen molar-refractivity contribution in [1.29, 1.82) is 0 Å². The van der Waals surface area contributed by atoms with Gasteiger partial charge in [0, 0.05) is 18.7 Å². The number of amides is 2. The van der Waals surface area contributed by atoms with Crippen molar-refractivity contribution in [2.24, 2.45) is 0 Å². The van der Waals surface area contributed by atoms with Crippen molar-refractivity contribution in [3.05, 3.63) is 40.1 Å². The van der Waals surface area contributed by atoms with Crippen LogP contribution >= 0.6 is 11.3 Å². The summed E-state index contributed by atoms with van der Waals surface area (Å²) >= 11 is 1.39. The van der Waals surface area contributed by atoms with Crippen molar-refractivity contribution >= 4 is 23.2 Å². The molecule has 1 aromatic heterocycles. The van der Waals surface area contributed by atoms with Gasteiger partial charge in [-0.15, -0.1) is 11.3 Å². The number of carbonyl (C=O) groups excluding carboxylic acids is 2. The average molecular weight is 378 g/mol. The molecule has 0 spiro atoms. The van der Waals surface area contributed by atoms with E-state index in [4.69, 9.17) is 14.2 Å². The number of rotatable bonds is 9. The zero-order valence-electron chi connectivity index (χ0n) is 15.0. The summed E-state index contributed by atoms with van der Waals surface area (Å²) in [5, 5.41) is 7.48. The van der Waals surface area contributed by atoms with Crippen molar-refractivity contribution < 1.29 is 23.8 Å². The van der Waals surface area contributed by atoms with Crippen molar-refractivity contribution in [2.75, 3.05) is 34.4 Å². The Morgan fingerprint density at radius 3 is 2.08 bits per heavy atom.